The van der Waals surface area contributed by atoms with E-state index < -0.39 is 0 Å². The van der Waals surface area contributed by atoms with Crippen LogP contribution in [0, 0.1) is 9.49 Å². The first-order valence-electron chi connectivity index (χ1n) is 7.71. The van der Waals surface area contributed by atoms with Crippen molar-refractivity contribution in [3.63, 3.8) is 0 Å². The van der Waals surface area contributed by atoms with Gasteiger partial charge < -0.3 is 9.64 Å². The van der Waals surface area contributed by atoms with Gasteiger partial charge in [-0.1, -0.05) is 13.0 Å². The molecule has 1 amide bonds. The highest BCUT2D eigenvalue weighted by molar-refractivity contribution is 14.1. The van der Waals surface area contributed by atoms with Crippen molar-refractivity contribution < 1.29 is 9.53 Å². The summed E-state index contributed by atoms with van der Waals surface area (Å²) in [5.41, 5.74) is 1.10. The minimum atomic E-state index is 0.0294. The average Bonchev–Trinajstić information content (AvgIpc) is 2.97. The predicted octanol–water partition coefficient (Wildman–Crippen LogP) is 3.67. The van der Waals surface area contributed by atoms with Gasteiger partial charge in [0.05, 0.1) is 6.04 Å². The SMILES string of the molecule is C[C@H]1C[C@@H](c2cccnc2)N(C(=O)COc2ccc(I)cc2)C1. The first-order valence-corrected chi connectivity index (χ1v) is 8.79. The lowest BCUT2D eigenvalue weighted by atomic mass is 10.0. The second kappa shape index (κ2) is 7.29. The molecule has 0 bridgehead atoms. The Morgan fingerprint density at radius 2 is 2.13 bits per heavy atom. The van der Waals surface area contributed by atoms with Crippen molar-refractivity contribution in [2.75, 3.05) is 13.2 Å². The molecule has 1 aliphatic heterocycles. The van der Waals surface area contributed by atoms with E-state index in [9.17, 15) is 4.79 Å². The van der Waals surface area contributed by atoms with E-state index in [-0.39, 0.29) is 18.6 Å². The number of ether oxygens (including phenoxy) is 1. The third-order valence-corrected chi connectivity index (χ3v) is 4.79. The van der Waals surface area contributed by atoms with E-state index in [1.54, 1.807) is 6.20 Å². The second-order valence-corrected chi connectivity index (χ2v) is 7.18. The van der Waals surface area contributed by atoms with E-state index in [0.29, 0.717) is 5.92 Å². The lowest BCUT2D eigenvalue weighted by molar-refractivity contribution is -0.134. The van der Waals surface area contributed by atoms with Crippen LogP contribution in [-0.2, 0) is 4.79 Å². The van der Waals surface area contributed by atoms with Gasteiger partial charge in [0, 0.05) is 22.5 Å². The average molecular weight is 422 g/mol. The van der Waals surface area contributed by atoms with Crippen molar-refractivity contribution in [2.45, 2.75) is 19.4 Å². The van der Waals surface area contributed by atoms with Gasteiger partial charge in [0.25, 0.3) is 5.91 Å². The van der Waals surface area contributed by atoms with Crippen LogP contribution in [0.3, 0.4) is 0 Å². The Bertz CT molecular complexity index is 660. The molecule has 0 spiro atoms. The summed E-state index contributed by atoms with van der Waals surface area (Å²) in [6.07, 6.45) is 4.58. The van der Waals surface area contributed by atoms with Crippen LogP contribution < -0.4 is 4.74 Å². The third kappa shape index (κ3) is 4.02. The fourth-order valence-electron chi connectivity index (χ4n) is 2.97. The summed E-state index contributed by atoms with van der Waals surface area (Å²) < 4.78 is 6.79. The normalized spacial score (nSPS) is 20.5. The van der Waals surface area contributed by atoms with Gasteiger partial charge in [-0.05, 0) is 70.8 Å². The summed E-state index contributed by atoms with van der Waals surface area (Å²) in [7, 11) is 0. The van der Waals surface area contributed by atoms with Crippen LogP contribution in [0.1, 0.15) is 24.9 Å². The first-order chi connectivity index (χ1) is 11.1. The van der Waals surface area contributed by atoms with Crippen molar-refractivity contribution in [2.24, 2.45) is 5.92 Å². The Hall–Kier alpha value is -1.63. The molecular weight excluding hydrogens is 403 g/mol. The standard InChI is InChI=1S/C18H19IN2O2/c1-13-9-17(14-3-2-8-20-10-14)21(11-13)18(22)12-23-16-6-4-15(19)5-7-16/h2-8,10,13,17H,9,11-12H2,1H3/t13-,17-/m0/s1. The number of benzene rings is 1. The molecule has 2 aromatic rings. The van der Waals surface area contributed by atoms with Crippen LogP contribution in [0.15, 0.2) is 48.8 Å². The molecule has 3 rings (SSSR count). The maximum atomic E-state index is 12.6. The van der Waals surface area contributed by atoms with E-state index >= 15 is 0 Å². The molecule has 2 heterocycles. The molecule has 1 fully saturated rings. The Morgan fingerprint density at radius 1 is 1.35 bits per heavy atom. The highest BCUT2D eigenvalue weighted by Crippen LogP contribution is 2.34. The number of hydrogen-bond donors (Lipinski definition) is 0. The van der Waals surface area contributed by atoms with Gasteiger partial charge in [-0.25, -0.2) is 0 Å². The molecule has 1 aliphatic rings. The zero-order valence-corrected chi connectivity index (χ0v) is 15.1. The lowest BCUT2D eigenvalue weighted by Crippen LogP contribution is -2.35. The van der Waals surface area contributed by atoms with Crippen molar-refractivity contribution >= 4 is 28.5 Å². The monoisotopic (exact) mass is 422 g/mol. The van der Waals surface area contributed by atoms with Crippen LogP contribution in [0.4, 0.5) is 0 Å². The molecule has 0 saturated carbocycles. The Kier molecular flexibility index (Phi) is 5.15. The Balaban J connectivity index is 1.66. The van der Waals surface area contributed by atoms with Gasteiger partial charge in [0.15, 0.2) is 6.61 Å². The van der Waals surface area contributed by atoms with Crippen LogP contribution in [0.2, 0.25) is 0 Å². The summed E-state index contributed by atoms with van der Waals surface area (Å²) in [4.78, 5) is 18.7. The molecule has 4 nitrogen and oxygen atoms in total. The minimum absolute atomic E-state index is 0.0294. The van der Waals surface area contributed by atoms with Crippen molar-refractivity contribution in [1.82, 2.24) is 9.88 Å². The number of pyridine rings is 1. The maximum Gasteiger partial charge on any atom is 0.261 e. The zero-order chi connectivity index (χ0) is 16.2. The number of hydrogen-bond acceptors (Lipinski definition) is 3. The van der Waals surface area contributed by atoms with Crippen molar-refractivity contribution in [3.8, 4) is 5.75 Å². The predicted molar refractivity (Wildman–Crippen MR) is 97.1 cm³/mol. The van der Waals surface area contributed by atoms with E-state index in [0.717, 1.165) is 27.8 Å². The number of carbonyl (C=O) groups excluding carboxylic acids is 1. The third-order valence-electron chi connectivity index (χ3n) is 4.08. The first kappa shape index (κ1) is 16.2. The van der Waals surface area contributed by atoms with Crippen molar-refractivity contribution in [3.05, 3.63) is 57.9 Å². The highest BCUT2D eigenvalue weighted by atomic mass is 127. The zero-order valence-electron chi connectivity index (χ0n) is 13.0. The molecular formula is C18H19IN2O2. The quantitative estimate of drug-likeness (QED) is 0.707. The fraction of sp³-hybridized carbons (Fsp3) is 0.333. The largest absolute Gasteiger partial charge is 0.484 e. The number of likely N-dealkylation sites (tertiary alicyclic amines) is 1. The van der Waals surface area contributed by atoms with E-state index in [1.165, 1.54) is 0 Å². The summed E-state index contributed by atoms with van der Waals surface area (Å²) in [6.45, 7) is 3.02. The molecule has 0 aliphatic carbocycles. The van der Waals surface area contributed by atoms with Gasteiger partial charge in [-0.3, -0.25) is 9.78 Å². The van der Waals surface area contributed by atoms with E-state index in [1.807, 2.05) is 47.5 Å². The van der Waals surface area contributed by atoms with Gasteiger partial charge in [0.1, 0.15) is 5.75 Å². The molecule has 1 aromatic heterocycles. The van der Waals surface area contributed by atoms with Crippen LogP contribution in [0.25, 0.3) is 0 Å². The molecule has 0 radical (unpaired) electrons. The molecule has 120 valence electrons. The van der Waals surface area contributed by atoms with Gasteiger partial charge in [-0.2, -0.15) is 0 Å². The van der Waals surface area contributed by atoms with Gasteiger partial charge >= 0.3 is 0 Å². The number of nitrogens with zero attached hydrogens (tertiary/aromatic N) is 2. The van der Waals surface area contributed by atoms with Crippen LogP contribution in [-0.4, -0.2) is 28.9 Å². The Morgan fingerprint density at radius 3 is 2.83 bits per heavy atom. The van der Waals surface area contributed by atoms with Crippen LogP contribution >= 0.6 is 22.6 Å². The van der Waals surface area contributed by atoms with Gasteiger partial charge in [0.2, 0.25) is 0 Å². The number of amides is 1. The molecule has 23 heavy (non-hydrogen) atoms. The number of rotatable bonds is 4. The summed E-state index contributed by atoms with van der Waals surface area (Å²) in [6, 6.07) is 11.8. The second-order valence-electron chi connectivity index (χ2n) is 5.93. The van der Waals surface area contributed by atoms with E-state index in [4.69, 9.17) is 4.74 Å². The van der Waals surface area contributed by atoms with Gasteiger partial charge in [-0.15, -0.1) is 0 Å². The smallest absolute Gasteiger partial charge is 0.261 e. The maximum absolute atomic E-state index is 12.6. The molecule has 0 unspecified atom stereocenters. The molecule has 0 N–H and O–H groups in total. The number of aromatic nitrogens is 1. The molecule has 1 saturated heterocycles. The molecule has 2 atom stereocenters. The number of carbonyl (C=O) groups is 1. The van der Waals surface area contributed by atoms with Crippen LogP contribution in [0.5, 0.6) is 5.75 Å². The summed E-state index contributed by atoms with van der Waals surface area (Å²) in [5.74, 6) is 1.24. The molecule has 1 aromatic carbocycles. The molecule has 5 heteroatoms. The van der Waals surface area contributed by atoms with E-state index in [2.05, 4.69) is 34.5 Å². The topological polar surface area (TPSA) is 42.4 Å². The Labute approximate surface area is 150 Å². The number of halogens is 1. The highest BCUT2D eigenvalue weighted by Gasteiger charge is 2.34. The fourth-order valence-corrected chi connectivity index (χ4v) is 3.33. The summed E-state index contributed by atoms with van der Waals surface area (Å²) in [5, 5.41) is 0. The summed E-state index contributed by atoms with van der Waals surface area (Å²) >= 11 is 2.24. The lowest BCUT2D eigenvalue weighted by Gasteiger charge is -2.24. The van der Waals surface area contributed by atoms with Crippen molar-refractivity contribution in [1.29, 1.82) is 0 Å². The minimum Gasteiger partial charge on any atom is -0.484 e.